The molecule has 0 fully saturated rings. The molecule has 0 amide bonds. The number of hydrogen-bond acceptors (Lipinski definition) is 7. The molecular weight excluding hydrogens is 416 g/mol. The summed E-state index contributed by atoms with van der Waals surface area (Å²) in [5, 5.41) is 5.49. The molecule has 1 heterocycles. The maximum Gasteiger partial charge on any atom is 0.358 e. The fourth-order valence-electron chi connectivity index (χ4n) is 3.06. The number of carbonyl (C=O) groups is 1. The zero-order valence-electron chi connectivity index (χ0n) is 17.2. The molecule has 4 aromatic rings. The van der Waals surface area contributed by atoms with Crippen LogP contribution in [0.2, 0.25) is 0 Å². The molecule has 7 nitrogen and oxygen atoms in total. The number of benzene rings is 3. The van der Waals surface area contributed by atoms with Gasteiger partial charge in [0.15, 0.2) is 11.4 Å². The highest BCUT2D eigenvalue weighted by Crippen LogP contribution is 2.26. The summed E-state index contributed by atoms with van der Waals surface area (Å²) in [7, 11) is -4.21. The Balaban J connectivity index is 1.79. The average Bonchev–Trinajstić information content (AvgIpc) is 3.18. The number of Topliss-reactive ketones (excluding diaryl/α,β-unsaturated/α-hetero) is 1. The molecule has 0 spiro atoms. The van der Waals surface area contributed by atoms with Gasteiger partial charge in [-0.2, -0.15) is 8.42 Å². The highest BCUT2D eigenvalue weighted by atomic mass is 32.2. The van der Waals surface area contributed by atoms with Gasteiger partial charge >= 0.3 is 10.1 Å². The minimum Gasteiger partial charge on any atom is -0.434 e. The number of hydrogen-bond donors (Lipinski definition) is 0. The second kappa shape index (κ2) is 7.96. The molecule has 31 heavy (non-hydrogen) atoms. The molecule has 0 radical (unpaired) electrons. The molecule has 0 aliphatic heterocycles. The minimum atomic E-state index is -4.21. The summed E-state index contributed by atoms with van der Waals surface area (Å²) >= 11 is 0. The molecule has 0 unspecified atom stereocenters. The molecule has 158 valence electrons. The molecular formula is C23H20N2O5S. The summed E-state index contributed by atoms with van der Waals surface area (Å²) in [5.74, 6) is -1.02. The molecule has 4 rings (SSSR count). The van der Waals surface area contributed by atoms with Gasteiger partial charge in [-0.05, 0) is 30.5 Å². The predicted molar refractivity (Wildman–Crippen MR) is 117 cm³/mol. The van der Waals surface area contributed by atoms with Crippen LogP contribution in [0.1, 0.15) is 25.3 Å². The fourth-order valence-corrected chi connectivity index (χ4v) is 3.79. The van der Waals surface area contributed by atoms with Gasteiger partial charge in [0.1, 0.15) is 10.4 Å². The van der Waals surface area contributed by atoms with E-state index >= 15 is 0 Å². The van der Waals surface area contributed by atoms with Gasteiger partial charge in [0.05, 0.1) is 0 Å². The molecule has 1 aromatic heterocycles. The lowest BCUT2D eigenvalue weighted by Crippen LogP contribution is -2.22. The van der Waals surface area contributed by atoms with E-state index in [1.54, 1.807) is 32.0 Å². The molecule has 3 aromatic carbocycles. The lowest BCUT2D eigenvalue weighted by Gasteiger charge is -2.06. The van der Waals surface area contributed by atoms with Crippen molar-refractivity contribution in [2.75, 3.05) is 0 Å². The quantitative estimate of drug-likeness (QED) is 0.323. The van der Waals surface area contributed by atoms with Crippen LogP contribution < -0.4 is 0 Å². The average molecular weight is 436 g/mol. The zero-order valence-corrected chi connectivity index (χ0v) is 18.0. The maximum atomic E-state index is 12.8. The zero-order chi connectivity index (χ0) is 22.2. The molecule has 0 bridgehead atoms. The summed E-state index contributed by atoms with van der Waals surface area (Å²) < 4.78 is 35.7. The Morgan fingerprint density at radius 2 is 1.74 bits per heavy atom. The van der Waals surface area contributed by atoms with E-state index in [0.717, 1.165) is 16.3 Å². The van der Waals surface area contributed by atoms with E-state index in [0.29, 0.717) is 11.1 Å². The summed E-state index contributed by atoms with van der Waals surface area (Å²) in [6, 6.07) is 17.4. The smallest absolute Gasteiger partial charge is 0.358 e. The Kier molecular flexibility index (Phi) is 5.32. The predicted octanol–water partition coefficient (Wildman–Crippen LogP) is 4.62. The maximum absolute atomic E-state index is 12.8. The highest BCUT2D eigenvalue weighted by Gasteiger charge is 2.26. The first kappa shape index (κ1) is 20.7. The normalized spacial score (nSPS) is 12.6. The van der Waals surface area contributed by atoms with E-state index in [2.05, 4.69) is 10.1 Å². The van der Waals surface area contributed by atoms with Crippen LogP contribution in [0.5, 0.6) is 0 Å². The van der Waals surface area contributed by atoms with E-state index in [1.165, 1.54) is 12.1 Å². The van der Waals surface area contributed by atoms with Gasteiger partial charge in [-0.1, -0.05) is 67.0 Å². The number of carbonyl (C=O) groups excluding carboxylic acids is 1. The summed E-state index contributed by atoms with van der Waals surface area (Å²) in [5.41, 5.74) is 1.63. The standard InChI is InChI=1S/C23H20N2O5S/c1-14(2)22(26)21(25-30-31(27,28)17-11-8-15(3)9-12-17)23-24-20-18-7-5-4-6-16(18)10-13-19(20)29-23/h4-14H,1-3H3/b25-21+. The fraction of sp³-hybridized carbons (Fsp3) is 0.174. The Bertz CT molecular complexity index is 1420. The molecule has 0 saturated carbocycles. The number of rotatable bonds is 6. The van der Waals surface area contributed by atoms with Gasteiger partial charge in [-0.25, -0.2) is 4.98 Å². The van der Waals surface area contributed by atoms with E-state index in [9.17, 15) is 13.2 Å². The topological polar surface area (TPSA) is 98.8 Å². The van der Waals surface area contributed by atoms with Gasteiger partial charge < -0.3 is 4.42 Å². The van der Waals surface area contributed by atoms with E-state index in [1.807, 2.05) is 37.3 Å². The largest absolute Gasteiger partial charge is 0.434 e. The van der Waals surface area contributed by atoms with Crippen molar-refractivity contribution in [3.8, 4) is 0 Å². The first-order chi connectivity index (χ1) is 14.8. The summed E-state index contributed by atoms with van der Waals surface area (Å²) in [6.07, 6.45) is 0. The van der Waals surface area contributed by atoms with E-state index in [4.69, 9.17) is 8.70 Å². The Hall–Kier alpha value is -3.52. The van der Waals surface area contributed by atoms with Crippen molar-refractivity contribution in [1.29, 1.82) is 0 Å². The van der Waals surface area contributed by atoms with Crippen LogP contribution in [0.15, 0.2) is 75.1 Å². The van der Waals surface area contributed by atoms with E-state index < -0.39 is 21.8 Å². The number of fused-ring (bicyclic) bond motifs is 3. The second-order valence-corrected chi connectivity index (χ2v) is 8.98. The van der Waals surface area contributed by atoms with Crippen LogP contribution in [0.4, 0.5) is 0 Å². The van der Waals surface area contributed by atoms with Crippen LogP contribution in [-0.4, -0.2) is 24.9 Å². The van der Waals surface area contributed by atoms with Crippen LogP contribution in [-0.2, 0) is 19.2 Å². The number of nitrogens with zero attached hydrogens (tertiary/aromatic N) is 2. The molecule has 0 aliphatic carbocycles. The van der Waals surface area contributed by atoms with Crippen molar-refractivity contribution in [3.05, 3.63) is 72.1 Å². The first-order valence-corrected chi connectivity index (χ1v) is 11.1. The van der Waals surface area contributed by atoms with Gasteiger partial charge in [0.25, 0.3) is 5.89 Å². The lowest BCUT2D eigenvalue weighted by atomic mass is 10.1. The van der Waals surface area contributed by atoms with Crippen molar-refractivity contribution in [2.45, 2.75) is 25.7 Å². The van der Waals surface area contributed by atoms with Crippen molar-refractivity contribution < 1.29 is 21.9 Å². The lowest BCUT2D eigenvalue weighted by molar-refractivity contribution is -0.115. The SMILES string of the molecule is Cc1ccc(S(=O)(=O)O/N=C(\C(=O)C(C)C)c2nc3c(ccc4ccccc43)o2)cc1. The number of aromatic nitrogens is 1. The van der Waals surface area contributed by atoms with Crippen molar-refractivity contribution >= 4 is 43.5 Å². The molecule has 0 saturated heterocycles. The van der Waals surface area contributed by atoms with Crippen LogP contribution in [0, 0.1) is 12.8 Å². The first-order valence-electron chi connectivity index (χ1n) is 9.67. The second-order valence-electron chi connectivity index (χ2n) is 7.45. The minimum absolute atomic E-state index is 0.0678. The van der Waals surface area contributed by atoms with Crippen molar-refractivity contribution in [1.82, 2.24) is 4.98 Å². The summed E-state index contributed by atoms with van der Waals surface area (Å²) in [4.78, 5) is 17.1. The third-order valence-electron chi connectivity index (χ3n) is 4.78. The molecule has 0 atom stereocenters. The number of oxime groups is 1. The molecule has 0 N–H and O–H groups in total. The number of aryl methyl sites for hydroxylation is 1. The van der Waals surface area contributed by atoms with E-state index in [-0.39, 0.29) is 16.5 Å². The van der Waals surface area contributed by atoms with Gasteiger partial charge in [0, 0.05) is 11.3 Å². The van der Waals surface area contributed by atoms with Gasteiger partial charge in [0.2, 0.25) is 5.71 Å². The highest BCUT2D eigenvalue weighted by molar-refractivity contribution is 7.86. The summed E-state index contributed by atoms with van der Waals surface area (Å²) in [6.45, 7) is 5.18. The van der Waals surface area contributed by atoms with Gasteiger partial charge in [-0.3, -0.25) is 9.08 Å². The van der Waals surface area contributed by atoms with Crippen LogP contribution >= 0.6 is 0 Å². The van der Waals surface area contributed by atoms with Crippen molar-refractivity contribution in [3.63, 3.8) is 0 Å². The van der Waals surface area contributed by atoms with Gasteiger partial charge in [-0.15, -0.1) is 0 Å². The Morgan fingerprint density at radius 3 is 2.45 bits per heavy atom. The molecule has 0 aliphatic rings. The third-order valence-corrected chi connectivity index (χ3v) is 5.90. The van der Waals surface area contributed by atoms with Crippen LogP contribution in [0.25, 0.3) is 21.9 Å². The monoisotopic (exact) mass is 436 g/mol. The van der Waals surface area contributed by atoms with Crippen molar-refractivity contribution in [2.24, 2.45) is 11.1 Å². The number of oxazole rings is 1. The number of ketones is 1. The Morgan fingerprint density at radius 1 is 1.03 bits per heavy atom. The third kappa shape index (κ3) is 4.06. The van der Waals surface area contributed by atoms with Crippen LogP contribution in [0.3, 0.4) is 0 Å². The molecule has 8 heteroatoms. The Labute approximate surface area is 179 Å².